The lowest BCUT2D eigenvalue weighted by molar-refractivity contribution is 0.252. The number of rotatable bonds is 6. The van der Waals surface area contributed by atoms with Crippen LogP contribution in [-0.2, 0) is 6.54 Å². The topological polar surface area (TPSA) is 39.4 Å². The molecule has 6 heteroatoms. The van der Waals surface area contributed by atoms with Crippen LogP contribution in [0.4, 0.5) is 14.5 Å². The van der Waals surface area contributed by atoms with Crippen LogP contribution in [0.3, 0.4) is 0 Å². The fourth-order valence-electron chi connectivity index (χ4n) is 2.67. The van der Waals surface area contributed by atoms with E-state index < -0.39 is 5.76 Å². The highest BCUT2D eigenvalue weighted by atomic mass is 32.2. The Balaban J connectivity index is 1.71. The Hall–Kier alpha value is -2.91. The number of thioether (sulfide) groups is 1. The van der Waals surface area contributed by atoms with Crippen molar-refractivity contribution in [1.29, 1.82) is 5.26 Å². The van der Waals surface area contributed by atoms with Crippen molar-refractivity contribution in [3.8, 4) is 6.07 Å². The predicted molar refractivity (Wildman–Crippen MR) is 105 cm³/mol. The summed E-state index contributed by atoms with van der Waals surface area (Å²) in [6.45, 7) is 0.670. The lowest BCUT2D eigenvalue weighted by Gasteiger charge is -2.22. The lowest BCUT2D eigenvalue weighted by atomic mass is 10.1. The van der Waals surface area contributed by atoms with Crippen molar-refractivity contribution in [2.75, 3.05) is 0 Å². The van der Waals surface area contributed by atoms with Gasteiger partial charge >= 0.3 is 0 Å². The summed E-state index contributed by atoms with van der Waals surface area (Å²) in [5.74, 6) is -2.43. The minimum absolute atomic E-state index is 0.504. The van der Waals surface area contributed by atoms with Gasteiger partial charge in [-0.3, -0.25) is 4.99 Å². The summed E-state index contributed by atoms with van der Waals surface area (Å²) in [6, 6.07) is 18.9. The maximum atomic E-state index is 12.4. The van der Waals surface area contributed by atoms with Crippen molar-refractivity contribution in [2.45, 2.75) is 23.6 Å². The summed E-state index contributed by atoms with van der Waals surface area (Å²) in [6.07, 6.45) is 6.06. The first-order chi connectivity index (χ1) is 13.1. The van der Waals surface area contributed by atoms with E-state index in [1.807, 2.05) is 47.6 Å². The van der Waals surface area contributed by atoms with E-state index in [0.717, 1.165) is 11.1 Å². The molecule has 0 spiro atoms. The predicted octanol–water partition coefficient (Wildman–Crippen LogP) is 5.90. The third-order valence-electron chi connectivity index (χ3n) is 3.84. The molecule has 0 unspecified atom stereocenters. The van der Waals surface area contributed by atoms with Crippen molar-refractivity contribution in [2.24, 2.45) is 4.99 Å². The molecule has 2 aromatic carbocycles. The van der Waals surface area contributed by atoms with E-state index in [-0.39, 0.29) is 0 Å². The Labute approximate surface area is 161 Å². The second-order valence-electron chi connectivity index (χ2n) is 5.94. The van der Waals surface area contributed by atoms with E-state index in [1.165, 1.54) is 0 Å². The molecule has 0 N–H and O–H groups in total. The Morgan fingerprint density at radius 3 is 2.52 bits per heavy atom. The van der Waals surface area contributed by atoms with Gasteiger partial charge in [-0.15, -0.1) is 0 Å². The Morgan fingerprint density at radius 2 is 1.85 bits per heavy atom. The molecule has 1 aliphatic rings. The van der Waals surface area contributed by atoms with E-state index in [2.05, 4.69) is 11.1 Å². The summed E-state index contributed by atoms with van der Waals surface area (Å²) >= 11 is 0.511. The van der Waals surface area contributed by atoms with Gasteiger partial charge in [0.05, 0.1) is 17.3 Å². The van der Waals surface area contributed by atoms with Crippen LogP contribution in [0.2, 0.25) is 0 Å². The molecule has 2 aromatic rings. The lowest BCUT2D eigenvalue weighted by Crippen LogP contribution is -2.15. The molecule has 136 valence electrons. The van der Waals surface area contributed by atoms with Crippen molar-refractivity contribution >= 4 is 23.7 Å². The zero-order valence-electron chi connectivity index (χ0n) is 14.4. The van der Waals surface area contributed by atoms with Crippen LogP contribution in [0.15, 0.2) is 88.0 Å². The molecular weight excluding hydrogens is 364 g/mol. The number of allylic oxidation sites excluding steroid dienone is 2. The number of halogens is 2. The Bertz CT molecular complexity index is 897. The quantitative estimate of drug-likeness (QED) is 0.462. The molecule has 0 amide bonds. The monoisotopic (exact) mass is 381 g/mol. The third-order valence-corrected chi connectivity index (χ3v) is 4.56. The maximum Gasteiger partial charge on any atom is 0.288 e. The molecule has 0 atom stereocenters. The number of nitrogens with zero attached hydrogens (tertiary/aromatic N) is 3. The van der Waals surface area contributed by atoms with Crippen LogP contribution < -0.4 is 0 Å². The van der Waals surface area contributed by atoms with Gasteiger partial charge in [0.25, 0.3) is 5.76 Å². The van der Waals surface area contributed by atoms with E-state index in [4.69, 9.17) is 0 Å². The van der Waals surface area contributed by atoms with Gasteiger partial charge in [0.2, 0.25) is 0 Å². The average Bonchev–Trinajstić information content (AvgIpc) is 2.67. The summed E-state index contributed by atoms with van der Waals surface area (Å²) in [5.41, 5.74) is 3.40. The van der Waals surface area contributed by atoms with Gasteiger partial charge in [-0.1, -0.05) is 42.1 Å². The normalized spacial score (nSPS) is 14.2. The molecule has 0 fully saturated rings. The first-order valence-electron chi connectivity index (χ1n) is 8.32. The van der Waals surface area contributed by atoms with E-state index in [0.29, 0.717) is 40.9 Å². The van der Waals surface area contributed by atoms with Crippen LogP contribution >= 0.6 is 11.8 Å². The smallest absolute Gasteiger partial charge is 0.288 e. The molecule has 0 aliphatic carbocycles. The zero-order chi connectivity index (χ0) is 19.1. The first-order valence-corrected chi connectivity index (χ1v) is 9.20. The molecule has 1 heterocycles. The largest absolute Gasteiger partial charge is 0.349 e. The summed E-state index contributed by atoms with van der Waals surface area (Å²) in [4.78, 5) is 6.88. The number of aliphatic imine (C=N–C) groups is 1. The van der Waals surface area contributed by atoms with Gasteiger partial charge < -0.3 is 4.90 Å². The highest BCUT2D eigenvalue weighted by Gasteiger charge is 2.11. The molecule has 3 nitrogen and oxygen atoms in total. The van der Waals surface area contributed by atoms with Gasteiger partial charge in [-0.25, -0.2) is 0 Å². The van der Waals surface area contributed by atoms with Gasteiger partial charge in [-0.05, 0) is 35.4 Å². The summed E-state index contributed by atoms with van der Waals surface area (Å²) in [7, 11) is 0. The maximum absolute atomic E-state index is 12.4. The van der Waals surface area contributed by atoms with Crippen molar-refractivity contribution in [3.05, 3.63) is 83.7 Å². The van der Waals surface area contributed by atoms with E-state index in [9.17, 15) is 14.0 Å². The van der Waals surface area contributed by atoms with Crippen LogP contribution in [0.1, 0.15) is 12.0 Å². The van der Waals surface area contributed by atoms with Crippen molar-refractivity contribution < 1.29 is 8.78 Å². The van der Waals surface area contributed by atoms with E-state index >= 15 is 0 Å². The summed E-state index contributed by atoms with van der Waals surface area (Å²) in [5, 5.41) is 9.30. The highest BCUT2D eigenvalue weighted by Crippen LogP contribution is 2.27. The van der Waals surface area contributed by atoms with Gasteiger partial charge in [0.1, 0.15) is 0 Å². The number of benzene rings is 2. The van der Waals surface area contributed by atoms with Gasteiger partial charge in [0, 0.05) is 36.5 Å². The molecular formula is C21H17F2N3S. The minimum atomic E-state index is -2.43. The van der Waals surface area contributed by atoms with Gasteiger partial charge in [0.15, 0.2) is 0 Å². The first kappa shape index (κ1) is 18.9. The fraction of sp³-hybridized carbons (Fsp3) is 0.143. The van der Waals surface area contributed by atoms with E-state index in [1.54, 1.807) is 30.5 Å². The average molecular weight is 381 g/mol. The van der Waals surface area contributed by atoms with Crippen LogP contribution in [0.5, 0.6) is 0 Å². The molecule has 0 bridgehead atoms. The molecule has 0 radical (unpaired) electrons. The molecule has 3 rings (SSSR count). The second-order valence-corrected chi connectivity index (χ2v) is 7.00. The highest BCUT2D eigenvalue weighted by molar-refractivity contribution is 7.99. The fourth-order valence-corrected chi connectivity index (χ4v) is 3.16. The van der Waals surface area contributed by atoms with Gasteiger partial charge in [-0.2, -0.15) is 14.0 Å². The Morgan fingerprint density at radius 1 is 1.11 bits per heavy atom. The van der Waals surface area contributed by atoms with Crippen molar-refractivity contribution in [3.63, 3.8) is 0 Å². The van der Waals surface area contributed by atoms with Crippen LogP contribution in [-0.4, -0.2) is 16.9 Å². The molecule has 0 aromatic heterocycles. The number of nitriles is 1. The molecule has 1 aliphatic heterocycles. The minimum Gasteiger partial charge on any atom is -0.349 e. The number of hydrogen-bond donors (Lipinski definition) is 0. The number of alkyl halides is 2. The standard InChI is InChI=1S/C21H17F2N3S/c22-21(23)27-20-8-6-19(7-9-20)25-12-18-10-17(11-24)14-26(15-18)13-16-4-2-1-3-5-16/h1-9,12,14-15,21H,10,13H2. The molecule has 0 saturated heterocycles. The second kappa shape index (κ2) is 9.15. The van der Waals surface area contributed by atoms with Crippen molar-refractivity contribution in [1.82, 2.24) is 4.90 Å². The van der Waals surface area contributed by atoms with Crippen LogP contribution in [0, 0.1) is 11.3 Å². The molecule has 27 heavy (non-hydrogen) atoms. The number of hydrogen-bond acceptors (Lipinski definition) is 4. The Kier molecular flexibility index (Phi) is 6.39. The SMILES string of the molecule is N#CC1=CN(Cc2ccccc2)C=C(C=Nc2ccc(SC(F)F)cc2)C1. The zero-order valence-corrected chi connectivity index (χ0v) is 15.2. The van der Waals surface area contributed by atoms with Crippen LogP contribution in [0.25, 0.3) is 0 Å². The summed E-state index contributed by atoms with van der Waals surface area (Å²) < 4.78 is 24.7. The molecule has 0 saturated carbocycles. The third kappa shape index (κ3) is 5.80.